The lowest BCUT2D eigenvalue weighted by atomic mass is 10.0. The summed E-state index contributed by atoms with van der Waals surface area (Å²) in [7, 11) is 0. The topological polar surface area (TPSA) is 51.8 Å². The van der Waals surface area contributed by atoms with Gasteiger partial charge in [0.2, 0.25) is 0 Å². The smallest absolute Gasteiger partial charge is 0.123 e. The first-order chi connectivity index (χ1) is 7.31. The minimum Gasteiger partial charge on any atom is -0.384 e. The van der Waals surface area contributed by atoms with Gasteiger partial charge in [-0.2, -0.15) is 0 Å². The van der Waals surface area contributed by atoms with Crippen LogP contribution < -0.4 is 5.73 Å². The molecule has 15 heavy (non-hydrogen) atoms. The summed E-state index contributed by atoms with van der Waals surface area (Å²) >= 11 is 0. The average molecular weight is 199 g/mol. The molecule has 0 saturated carbocycles. The van der Waals surface area contributed by atoms with Crippen molar-refractivity contribution >= 4 is 5.82 Å². The van der Waals surface area contributed by atoms with Crippen molar-refractivity contribution in [3.8, 4) is 11.1 Å². The molecule has 0 unspecified atom stereocenters. The number of nitrogen functional groups attached to an aromatic ring is 1. The molecule has 3 nitrogen and oxygen atoms in total. The first-order valence-corrected chi connectivity index (χ1v) is 4.97. The van der Waals surface area contributed by atoms with Gasteiger partial charge in [-0.1, -0.05) is 6.92 Å². The third-order valence-corrected chi connectivity index (χ3v) is 2.32. The lowest BCUT2D eigenvalue weighted by Crippen LogP contribution is -1.97. The van der Waals surface area contributed by atoms with Crippen molar-refractivity contribution in [1.82, 2.24) is 9.97 Å². The maximum atomic E-state index is 5.66. The molecule has 0 saturated heterocycles. The first-order valence-electron chi connectivity index (χ1n) is 4.97. The summed E-state index contributed by atoms with van der Waals surface area (Å²) in [6, 6.07) is 7.80. The number of anilines is 1. The van der Waals surface area contributed by atoms with Crippen LogP contribution in [0.2, 0.25) is 0 Å². The Morgan fingerprint density at radius 2 is 1.87 bits per heavy atom. The fourth-order valence-electron chi connectivity index (χ4n) is 1.58. The molecule has 2 rings (SSSR count). The second kappa shape index (κ2) is 4.09. The Kier molecular flexibility index (Phi) is 2.63. The van der Waals surface area contributed by atoms with Gasteiger partial charge in [0.05, 0.1) is 5.69 Å². The van der Waals surface area contributed by atoms with E-state index >= 15 is 0 Å². The summed E-state index contributed by atoms with van der Waals surface area (Å²) in [6.45, 7) is 2.08. The van der Waals surface area contributed by atoms with E-state index in [0.29, 0.717) is 5.82 Å². The standard InChI is InChI=1S/C12H13N3/c1-2-11-10(3-4-12(13)15-11)9-5-7-14-8-6-9/h3-8H,2H2,1H3,(H2,13,15). The molecule has 0 aliphatic heterocycles. The fraction of sp³-hybridized carbons (Fsp3) is 0.167. The van der Waals surface area contributed by atoms with Gasteiger partial charge >= 0.3 is 0 Å². The van der Waals surface area contributed by atoms with Crippen molar-refractivity contribution in [1.29, 1.82) is 0 Å². The molecule has 2 aromatic rings. The highest BCUT2D eigenvalue weighted by atomic mass is 14.8. The monoisotopic (exact) mass is 199 g/mol. The summed E-state index contributed by atoms with van der Waals surface area (Å²) in [6.07, 6.45) is 4.44. The number of pyridine rings is 2. The van der Waals surface area contributed by atoms with Crippen molar-refractivity contribution < 1.29 is 0 Å². The number of nitrogens with two attached hydrogens (primary N) is 1. The Balaban J connectivity index is 2.53. The molecule has 3 heteroatoms. The molecular formula is C12H13N3. The van der Waals surface area contributed by atoms with Crippen molar-refractivity contribution in [2.45, 2.75) is 13.3 Å². The molecule has 0 bridgehead atoms. The van der Waals surface area contributed by atoms with Gasteiger partial charge in [-0.25, -0.2) is 4.98 Å². The summed E-state index contributed by atoms with van der Waals surface area (Å²) in [4.78, 5) is 8.32. The van der Waals surface area contributed by atoms with E-state index in [0.717, 1.165) is 23.2 Å². The Hall–Kier alpha value is -1.90. The second-order valence-electron chi connectivity index (χ2n) is 3.32. The van der Waals surface area contributed by atoms with Gasteiger partial charge in [-0.15, -0.1) is 0 Å². The highest BCUT2D eigenvalue weighted by Gasteiger charge is 2.04. The third kappa shape index (κ3) is 1.96. The van der Waals surface area contributed by atoms with Gasteiger partial charge in [-0.3, -0.25) is 4.98 Å². The predicted octanol–water partition coefficient (Wildman–Crippen LogP) is 2.29. The van der Waals surface area contributed by atoms with Crippen LogP contribution in [0.3, 0.4) is 0 Å². The molecule has 0 spiro atoms. The van der Waals surface area contributed by atoms with Crippen LogP contribution in [-0.2, 0) is 6.42 Å². The van der Waals surface area contributed by atoms with E-state index in [-0.39, 0.29) is 0 Å². The molecule has 0 radical (unpaired) electrons. The molecule has 0 atom stereocenters. The Morgan fingerprint density at radius 1 is 1.13 bits per heavy atom. The number of rotatable bonds is 2. The van der Waals surface area contributed by atoms with Crippen molar-refractivity contribution in [2.24, 2.45) is 0 Å². The zero-order valence-corrected chi connectivity index (χ0v) is 8.64. The highest BCUT2D eigenvalue weighted by Crippen LogP contribution is 2.22. The van der Waals surface area contributed by atoms with Crippen LogP contribution in [0.15, 0.2) is 36.7 Å². The molecule has 2 aromatic heterocycles. The molecule has 2 N–H and O–H groups in total. The number of hydrogen-bond acceptors (Lipinski definition) is 3. The van der Waals surface area contributed by atoms with E-state index in [2.05, 4.69) is 16.9 Å². The van der Waals surface area contributed by atoms with Gasteiger partial charge in [0.1, 0.15) is 5.82 Å². The largest absolute Gasteiger partial charge is 0.384 e. The van der Waals surface area contributed by atoms with Gasteiger partial charge in [0.25, 0.3) is 0 Å². The zero-order chi connectivity index (χ0) is 10.7. The Bertz CT molecular complexity index is 452. The first kappa shape index (κ1) is 9.65. The molecule has 0 aliphatic carbocycles. The second-order valence-corrected chi connectivity index (χ2v) is 3.32. The molecule has 0 amide bonds. The average Bonchev–Trinajstić information content (AvgIpc) is 2.30. The van der Waals surface area contributed by atoms with Gasteiger partial charge in [0.15, 0.2) is 0 Å². The normalized spacial score (nSPS) is 10.2. The van der Waals surface area contributed by atoms with Gasteiger partial charge < -0.3 is 5.73 Å². The number of nitrogens with zero attached hydrogens (tertiary/aromatic N) is 2. The van der Waals surface area contributed by atoms with E-state index in [4.69, 9.17) is 5.73 Å². The lowest BCUT2D eigenvalue weighted by Gasteiger charge is -2.07. The van der Waals surface area contributed by atoms with Gasteiger partial charge in [0, 0.05) is 18.0 Å². The SMILES string of the molecule is CCc1nc(N)ccc1-c1ccncc1. The van der Waals surface area contributed by atoms with Crippen molar-refractivity contribution in [3.63, 3.8) is 0 Å². The van der Waals surface area contributed by atoms with Crippen LogP contribution in [0, 0.1) is 0 Å². The van der Waals surface area contributed by atoms with Crippen LogP contribution in [0.5, 0.6) is 0 Å². The lowest BCUT2D eigenvalue weighted by molar-refractivity contribution is 1.04. The van der Waals surface area contributed by atoms with Crippen LogP contribution >= 0.6 is 0 Å². The molecule has 76 valence electrons. The maximum absolute atomic E-state index is 5.66. The minimum absolute atomic E-state index is 0.574. The van der Waals surface area contributed by atoms with E-state index < -0.39 is 0 Å². The third-order valence-electron chi connectivity index (χ3n) is 2.32. The van der Waals surface area contributed by atoms with Crippen LogP contribution in [0.4, 0.5) is 5.82 Å². The molecular weight excluding hydrogens is 186 g/mol. The quantitative estimate of drug-likeness (QED) is 0.807. The fourth-order valence-corrected chi connectivity index (χ4v) is 1.58. The highest BCUT2D eigenvalue weighted by molar-refractivity contribution is 5.66. The zero-order valence-electron chi connectivity index (χ0n) is 8.64. The predicted molar refractivity (Wildman–Crippen MR) is 61.3 cm³/mol. The van der Waals surface area contributed by atoms with Crippen molar-refractivity contribution in [3.05, 3.63) is 42.4 Å². The molecule has 0 aromatic carbocycles. The number of aromatic nitrogens is 2. The molecule has 2 heterocycles. The van der Waals surface area contributed by atoms with Crippen molar-refractivity contribution in [2.75, 3.05) is 5.73 Å². The van der Waals surface area contributed by atoms with E-state index in [9.17, 15) is 0 Å². The summed E-state index contributed by atoms with van der Waals surface area (Å²) in [5, 5.41) is 0. The number of aryl methyl sites for hydroxylation is 1. The number of hydrogen-bond donors (Lipinski definition) is 1. The maximum Gasteiger partial charge on any atom is 0.123 e. The minimum atomic E-state index is 0.574. The van der Waals surface area contributed by atoms with Crippen LogP contribution in [0.1, 0.15) is 12.6 Å². The van der Waals surface area contributed by atoms with E-state index in [1.165, 1.54) is 0 Å². The van der Waals surface area contributed by atoms with Crippen LogP contribution in [0.25, 0.3) is 11.1 Å². The molecule has 0 fully saturated rings. The Labute approximate surface area is 89.0 Å². The van der Waals surface area contributed by atoms with Crippen LogP contribution in [-0.4, -0.2) is 9.97 Å². The van der Waals surface area contributed by atoms with E-state index in [1.54, 1.807) is 12.4 Å². The Morgan fingerprint density at radius 3 is 2.53 bits per heavy atom. The summed E-state index contributed by atoms with van der Waals surface area (Å²) in [5.74, 6) is 0.574. The summed E-state index contributed by atoms with van der Waals surface area (Å²) in [5.41, 5.74) is 8.95. The van der Waals surface area contributed by atoms with E-state index in [1.807, 2.05) is 24.3 Å². The molecule has 0 aliphatic rings. The van der Waals surface area contributed by atoms with Gasteiger partial charge in [-0.05, 0) is 36.2 Å². The summed E-state index contributed by atoms with van der Waals surface area (Å²) < 4.78 is 0.